The summed E-state index contributed by atoms with van der Waals surface area (Å²) in [5, 5.41) is 5.06. The van der Waals surface area contributed by atoms with E-state index in [-0.39, 0.29) is 22.8 Å². The van der Waals surface area contributed by atoms with Gasteiger partial charge in [0.15, 0.2) is 0 Å². The van der Waals surface area contributed by atoms with Gasteiger partial charge in [-0.1, -0.05) is 0 Å². The number of nitrogen functional groups attached to an aromatic ring is 1. The fraction of sp³-hybridized carbons (Fsp3) is 0.538. The number of sulfonamides is 1. The van der Waals surface area contributed by atoms with Gasteiger partial charge in [-0.05, 0) is 31.4 Å². The SMILES string of the molecule is COC1CCCC(Oc2ccc(S(N)(=O)=O)c(N)c2)C1. The van der Waals surface area contributed by atoms with Crippen LogP contribution >= 0.6 is 0 Å². The number of rotatable bonds is 4. The predicted octanol–water partition coefficient (Wildman–Crippen LogP) is 1.25. The lowest BCUT2D eigenvalue weighted by molar-refractivity contribution is 0.0210. The molecule has 1 aromatic rings. The van der Waals surface area contributed by atoms with Crippen LogP contribution in [0.25, 0.3) is 0 Å². The summed E-state index contributed by atoms with van der Waals surface area (Å²) in [5.74, 6) is 0.552. The molecule has 0 bridgehead atoms. The molecule has 2 unspecified atom stereocenters. The molecule has 7 heteroatoms. The minimum Gasteiger partial charge on any atom is -0.490 e. The van der Waals surface area contributed by atoms with Gasteiger partial charge < -0.3 is 15.2 Å². The molecule has 2 atom stereocenters. The average Bonchev–Trinajstić information content (AvgIpc) is 2.37. The van der Waals surface area contributed by atoms with Gasteiger partial charge in [0.25, 0.3) is 0 Å². The van der Waals surface area contributed by atoms with E-state index >= 15 is 0 Å². The van der Waals surface area contributed by atoms with E-state index < -0.39 is 10.0 Å². The van der Waals surface area contributed by atoms with Gasteiger partial charge in [-0.25, -0.2) is 13.6 Å². The fourth-order valence-electron chi connectivity index (χ4n) is 2.47. The van der Waals surface area contributed by atoms with Crippen molar-refractivity contribution in [3.63, 3.8) is 0 Å². The summed E-state index contributed by atoms with van der Waals surface area (Å²) in [7, 11) is -2.10. The van der Waals surface area contributed by atoms with E-state index in [4.69, 9.17) is 20.3 Å². The van der Waals surface area contributed by atoms with Gasteiger partial charge in [-0.3, -0.25) is 0 Å². The van der Waals surface area contributed by atoms with Crippen LogP contribution in [-0.4, -0.2) is 27.7 Å². The molecule has 0 heterocycles. The number of ether oxygens (including phenoxy) is 2. The normalized spacial score (nSPS) is 23.5. The van der Waals surface area contributed by atoms with E-state index in [1.54, 1.807) is 13.2 Å². The monoisotopic (exact) mass is 300 g/mol. The lowest BCUT2D eigenvalue weighted by Gasteiger charge is -2.28. The van der Waals surface area contributed by atoms with Crippen molar-refractivity contribution in [3.8, 4) is 5.75 Å². The summed E-state index contributed by atoms with van der Waals surface area (Å²) in [4.78, 5) is -0.0803. The smallest absolute Gasteiger partial charge is 0.240 e. The molecule has 1 aliphatic rings. The van der Waals surface area contributed by atoms with Crippen LogP contribution in [0.3, 0.4) is 0 Å². The van der Waals surface area contributed by atoms with E-state index in [2.05, 4.69) is 0 Å². The molecule has 0 radical (unpaired) electrons. The highest BCUT2D eigenvalue weighted by molar-refractivity contribution is 7.89. The lowest BCUT2D eigenvalue weighted by atomic mass is 9.95. The molecule has 4 N–H and O–H groups in total. The Balaban J connectivity index is 2.09. The van der Waals surface area contributed by atoms with Crippen LogP contribution in [0, 0.1) is 0 Å². The Labute approximate surface area is 119 Å². The fourth-order valence-corrected chi connectivity index (χ4v) is 3.12. The first kappa shape index (κ1) is 15.1. The Kier molecular flexibility index (Phi) is 4.52. The van der Waals surface area contributed by atoms with Gasteiger partial charge in [0.05, 0.1) is 11.8 Å². The van der Waals surface area contributed by atoms with E-state index in [1.807, 2.05) is 0 Å². The number of methoxy groups -OCH3 is 1. The minimum absolute atomic E-state index is 0.0634. The van der Waals surface area contributed by atoms with Crippen molar-refractivity contribution in [2.75, 3.05) is 12.8 Å². The van der Waals surface area contributed by atoms with E-state index in [0.717, 1.165) is 25.7 Å². The maximum absolute atomic E-state index is 11.3. The van der Waals surface area contributed by atoms with Gasteiger partial charge in [-0.15, -0.1) is 0 Å². The van der Waals surface area contributed by atoms with Crippen LogP contribution < -0.4 is 15.6 Å². The second-order valence-corrected chi connectivity index (χ2v) is 6.54. The van der Waals surface area contributed by atoms with Gasteiger partial charge in [-0.2, -0.15) is 0 Å². The Morgan fingerprint density at radius 2 is 1.95 bits per heavy atom. The van der Waals surface area contributed by atoms with Crippen molar-refractivity contribution in [3.05, 3.63) is 18.2 Å². The highest BCUT2D eigenvalue weighted by Crippen LogP contribution is 2.28. The molecule has 1 aliphatic carbocycles. The first-order valence-electron chi connectivity index (χ1n) is 6.52. The van der Waals surface area contributed by atoms with Crippen LogP contribution in [0.1, 0.15) is 25.7 Å². The van der Waals surface area contributed by atoms with Crippen molar-refractivity contribution in [2.45, 2.75) is 42.8 Å². The minimum atomic E-state index is -3.80. The molecule has 0 aromatic heterocycles. The topological polar surface area (TPSA) is 105 Å². The second kappa shape index (κ2) is 5.99. The largest absolute Gasteiger partial charge is 0.490 e. The first-order chi connectivity index (χ1) is 9.40. The Morgan fingerprint density at radius 3 is 2.55 bits per heavy atom. The number of hydrogen-bond acceptors (Lipinski definition) is 5. The van der Waals surface area contributed by atoms with Gasteiger partial charge in [0.1, 0.15) is 16.7 Å². The number of nitrogens with two attached hydrogens (primary N) is 2. The third-order valence-corrected chi connectivity index (χ3v) is 4.49. The third kappa shape index (κ3) is 3.62. The van der Waals surface area contributed by atoms with E-state index in [0.29, 0.717) is 5.75 Å². The van der Waals surface area contributed by atoms with Crippen LogP contribution in [-0.2, 0) is 14.8 Å². The molecule has 20 heavy (non-hydrogen) atoms. The Bertz CT molecular complexity index is 574. The number of hydrogen-bond donors (Lipinski definition) is 2. The molecule has 0 spiro atoms. The van der Waals surface area contributed by atoms with Crippen molar-refractivity contribution >= 4 is 15.7 Å². The lowest BCUT2D eigenvalue weighted by Crippen LogP contribution is -2.29. The molecule has 1 fully saturated rings. The first-order valence-corrected chi connectivity index (χ1v) is 8.06. The Morgan fingerprint density at radius 1 is 1.25 bits per heavy atom. The molecule has 0 saturated heterocycles. The number of benzene rings is 1. The molecule has 2 rings (SSSR count). The summed E-state index contributed by atoms with van der Waals surface area (Å²) < 4.78 is 33.7. The third-order valence-electron chi connectivity index (χ3n) is 3.50. The van der Waals surface area contributed by atoms with Gasteiger partial charge in [0.2, 0.25) is 10.0 Å². The molecule has 0 aliphatic heterocycles. The van der Waals surface area contributed by atoms with Crippen molar-refractivity contribution in [2.24, 2.45) is 5.14 Å². The summed E-state index contributed by atoms with van der Waals surface area (Å²) in [6, 6.07) is 4.44. The zero-order valence-electron chi connectivity index (χ0n) is 11.4. The zero-order valence-corrected chi connectivity index (χ0v) is 12.2. The van der Waals surface area contributed by atoms with Crippen molar-refractivity contribution < 1.29 is 17.9 Å². The van der Waals surface area contributed by atoms with Crippen LogP contribution in [0.5, 0.6) is 5.75 Å². The van der Waals surface area contributed by atoms with Gasteiger partial charge >= 0.3 is 0 Å². The number of primary sulfonamides is 1. The van der Waals surface area contributed by atoms with Gasteiger partial charge in [0, 0.05) is 19.6 Å². The van der Waals surface area contributed by atoms with Crippen LogP contribution in [0.4, 0.5) is 5.69 Å². The molecular weight excluding hydrogens is 280 g/mol. The summed E-state index contributed by atoms with van der Waals surface area (Å²) in [6.07, 6.45) is 4.16. The highest BCUT2D eigenvalue weighted by Gasteiger charge is 2.23. The molecule has 1 aromatic carbocycles. The van der Waals surface area contributed by atoms with E-state index in [1.165, 1.54) is 12.1 Å². The summed E-state index contributed by atoms with van der Waals surface area (Å²) in [6.45, 7) is 0. The van der Waals surface area contributed by atoms with Crippen LogP contribution in [0.15, 0.2) is 23.1 Å². The van der Waals surface area contributed by atoms with Crippen molar-refractivity contribution in [1.82, 2.24) is 0 Å². The zero-order chi connectivity index (χ0) is 14.8. The summed E-state index contributed by atoms with van der Waals surface area (Å²) >= 11 is 0. The predicted molar refractivity (Wildman–Crippen MR) is 75.9 cm³/mol. The standard InChI is InChI=1S/C13H20N2O4S/c1-18-9-3-2-4-10(7-9)19-11-5-6-13(12(14)8-11)20(15,16)17/h5-6,8-10H,2-4,7,14H2,1H3,(H2,15,16,17). The number of anilines is 1. The maximum atomic E-state index is 11.3. The van der Waals surface area contributed by atoms with Crippen LogP contribution in [0.2, 0.25) is 0 Å². The second-order valence-electron chi connectivity index (χ2n) is 5.01. The molecule has 1 saturated carbocycles. The summed E-state index contributed by atoms with van der Waals surface area (Å²) in [5.41, 5.74) is 5.80. The van der Waals surface area contributed by atoms with Crippen molar-refractivity contribution in [1.29, 1.82) is 0 Å². The molecule has 0 amide bonds. The van der Waals surface area contributed by atoms with E-state index in [9.17, 15) is 8.42 Å². The molecule has 6 nitrogen and oxygen atoms in total. The highest BCUT2D eigenvalue weighted by atomic mass is 32.2. The maximum Gasteiger partial charge on any atom is 0.240 e. The quantitative estimate of drug-likeness (QED) is 0.814. The molecular formula is C13H20N2O4S. The molecule has 112 valence electrons. The Hall–Kier alpha value is -1.31. The average molecular weight is 300 g/mol.